The van der Waals surface area contributed by atoms with E-state index in [-0.39, 0.29) is 23.9 Å². The van der Waals surface area contributed by atoms with E-state index in [1.54, 1.807) is 19.2 Å². The van der Waals surface area contributed by atoms with Crippen LogP contribution in [-0.4, -0.2) is 38.1 Å². The number of rotatable bonds is 7. The summed E-state index contributed by atoms with van der Waals surface area (Å²) in [5.74, 6) is 1.44. The third kappa shape index (κ3) is 3.78. The zero-order chi connectivity index (χ0) is 16.8. The predicted molar refractivity (Wildman–Crippen MR) is 84.7 cm³/mol. The summed E-state index contributed by atoms with van der Waals surface area (Å²) in [5.41, 5.74) is 0.506. The Labute approximate surface area is 134 Å². The van der Waals surface area contributed by atoms with Crippen LogP contribution in [0, 0.1) is 0 Å². The molecule has 2 rings (SSSR count). The van der Waals surface area contributed by atoms with E-state index >= 15 is 0 Å². The molecule has 0 fully saturated rings. The summed E-state index contributed by atoms with van der Waals surface area (Å²) in [7, 11) is 4.40. The number of methoxy groups -OCH3 is 3. The van der Waals surface area contributed by atoms with Crippen LogP contribution >= 0.6 is 0 Å². The van der Waals surface area contributed by atoms with Crippen LogP contribution in [0.1, 0.15) is 11.7 Å². The van der Waals surface area contributed by atoms with Crippen molar-refractivity contribution in [2.24, 2.45) is 0 Å². The molecular weight excluding hydrogens is 300 g/mol. The summed E-state index contributed by atoms with van der Waals surface area (Å²) in [4.78, 5) is 0. The fourth-order valence-electron chi connectivity index (χ4n) is 2.11. The second-order valence-electron chi connectivity index (χ2n) is 4.75. The minimum atomic E-state index is -0.927. The smallest absolute Gasteiger partial charge is 0.200 e. The van der Waals surface area contributed by atoms with Crippen LogP contribution in [-0.2, 0) is 0 Å². The highest BCUT2D eigenvalue weighted by Gasteiger charge is 2.17. The summed E-state index contributed by atoms with van der Waals surface area (Å²) >= 11 is 0. The van der Waals surface area contributed by atoms with Crippen molar-refractivity contribution in [1.82, 2.24) is 0 Å². The van der Waals surface area contributed by atoms with Crippen molar-refractivity contribution in [3.8, 4) is 28.7 Å². The zero-order valence-corrected chi connectivity index (χ0v) is 13.3. The van der Waals surface area contributed by atoms with Crippen LogP contribution < -0.4 is 18.9 Å². The fraction of sp³-hybridized carbons (Fsp3) is 0.294. The minimum Gasteiger partial charge on any atom is -0.502 e. The normalized spacial score (nSPS) is 11.7. The molecule has 2 N–H and O–H groups in total. The molecule has 2 aromatic carbocycles. The van der Waals surface area contributed by atoms with Crippen LogP contribution in [0.3, 0.4) is 0 Å². The molecule has 23 heavy (non-hydrogen) atoms. The summed E-state index contributed by atoms with van der Waals surface area (Å²) in [5, 5.41) is 20.2. The molecule has 0 heterocycles. The summed E-state index contributed by atoms with van der Waals surface area (Å²) in [6.45, 7) is 0.0114. The SMILES string of the molecule is COc1ccccc1OCC(O)c1cc(OC)c(O)c(OC)c1. The molecule has 1 unspecified atom stereocenters. The first-order valence-electron chi connectivity index (χ1n) is 6.99. The molecule has 0 amide bonds. The van der Waals surface area contributed by atoms with Gasteiger partial charge in [0, 0.05) is 0 Å². The molecule has 124 valence electrons. The number of para-hydroxylation sites is 2. The van der Waals surface area contributed by atoms with Crippen molar-refractivity contribution >= 4 is 0 Å². The zero-order valence-electron chi connectivity index (χ0n) is 13.3. The first kappa shape index (κ1) is 16.8. The highest BCUT2D eigenvalue weighted by Crippen LogP contribution is 2.39. The number of benzene rings is 2. The lowest BCUT2D eigenvalue weighted by Crippen LogP contribution is -2.10. The van der Waals surface area contributed by atoms with Crippen LogP contribution in [0.25, 0.3) is 0 Å². The molecule has 0 spiro atoms. The second-order valence-corrected chi connectivity index (χ2v) is 4.75. The van der Waals surface area contributed by atoms with Crippen molar-refractivity contribution in [1.29, 1.82) is 0 Å². The van der Waals surface area contributed by atoms with Gasteiger partial charge in [0.25, 0.3) is 0 Å². The van der Waals surface area contributed by atoms with Crippen molar-refractivity contribution in [3.63, 3.8) is 0 Å². The Morgan fingerprint density at radius 2 is 1.39 bits per heavy atom. The van der Waals surface area contributed by atoms with Crippen LogP contribution in [0.15, 0.2) is 36.4 Å². The molecule has 0 radical (unpaired) electrons. The highest BCUT2D eigenvalue weighted by molar-refractivity contribution is 5.53. The number of hydrogen-bond donors (Lipinski definition) is 2. The van der Waals surface area contributed by atoms with Gasteiger partial charge in [-0.3, -0.25) is 0 Å². The number of phenols is 1. The van der Waals surface area contributed by atoms with Crippen molar-refractivity contribution in [3.05, 3.63) is 42.0 Å². The molecule has 0 saturated heterocycles. The molecule has 6 nitrogen and oxygen atoms in total. The number of hydrogen-bond acceptors (Lipinski definition) is 6. The number of aliphatic hydroxyl groups excluding tert-OH is 1. The molecule has 1 atom stereocenters. The summed E-state index contributed by atoms with van der Waals surface area (Å²) < 4.78 is 20.9. The second kappa shape index (κ2) is 7.60. The monoisotopic (exact) mass is 320 g/mol. The number of aliphatic hydroxyl groups is 1. The highest BCUT2D eigenvalue weighted by atomic mass is 16.5. The number of aromatic hydroxyl groups is 1. The number of phenolic OH excluding ortho intramolecular Hbond substituents is 1. The van der Waals surface area contributed by atoms with E-state index in [0.29, 0.717) is 17.1 Å². The lowest BCUT2D eigenvalue weighted by molar-refractivity contribution is 0.106. The molecule has 2 aromatic rings. The molecule has 0 aliphatic rings. The van der Waals surface area contributed by atoms with Gasteiger partial charge in [0.2, 0.25) is 5.75 Å². The average molecular weight is 320 g/mol. The quantitative estimate of drug-likeness (QED) is 0.816. The van der Waals surface area contributed by atoms with Crippen LogP contribution in [0.4, 0.5) is 0 Å². The molecule has 0 aliphatic heterocycles. The van der Waals surface area contributed by atoms with Crippen molar-refractivity contribution in [2.45, 2.75) is 6.10 Å². The van der Waals surface area contributed by atoms with Gasteiger partial charge in [0.1, 0.15) is 12.7 Å². The molecule has 0 aliphatic carbocycles. The van der Waals surface area contributed by atoms with Gasteiger partial charge >= 0.3 is 0 Å². The maximum absolute atomic E-state index is 10.3. The lowest BCUT2D eigenvalue weighted by Gasteiger charge is -2.17. The topological polar surface area (TPSA) is 77.4 Å². The van der Waals surface area contributed by atoms with Gasteiger partial charge in [-0.05, 0) is 29.8 Å². The minimum absolute atomic E-state index is 0.0114. The molecule has 6 heteroatoms. The molecule has 0 saturated carbocycles. The molecule has 0 bridgehead atoms. The van der Waals surface area contributed by atoms with E-state index in [0.717, 1.165) is 0 Å². The van der Waals surface area contributed by atoms with E-state index in [4.69, 9.17) is 18.9 Å². The summed E-state index contributed by atoms with van der Waals surface area (Å²) in [6, 6.07) is 10.2. The van der Waals surface area contributed by atoms with Gasteiger partial charge in [0.15, 0.2) is 23.0 Å². The van der Waals surface area contributed by atoms with Crippen molar-refractivity contribution in [2.75, 3.05) is 27.9 Å². The molecule has 0 aromatic heterocycles. The Morgan fingerprint density at radius 3 is 1.91 bits per heavy atom. The maximum Gasteiger partial charge on any atom is 0.200 e. The fourth-order valence-corrected chi connectivity index (χ4v) is 2.11. The summed E-state index contributed by atoms with van der Waals surface area (Å²) in [6.07, 6.45) is -0.927. The van der Waals surface area contributed by atoms with E-state index in [1.165, 1.54) is 26.4 Å². The Morgan fingerprint density at radius 1 is 0.870 bits per heavy atom. The predicted octanol–water partition coefficient (Wildman–Crippen LogP) is 2.53. The Kier molecular flexibility index (Phi) is 5.54. The molecular formula is C17H20O6. The van der Waals surface area contributed by atoms with Crippen LogP contribution in [0.2, 0.25) is 0 Å². The van der Waals surface area contributed by atoms with E-state index in [1.807, 2.05) is 12.1 Å². The lowest BCUT2D eigenvalue weighted by atomic mass is 10.1. The van der Waals surface area contributed by atoms with Gasteiger partial charge in [-0.2, -0.15) is 0 Å². The standard InChI is InChI=1S/C17H20O6/c1-20-13-6-4-5-7-14(13)23-10-12(18)11-8-15(21-2)17(19)16(9-11)22-3/h4-9,12,18-19H,10H2,1-3H3. The Bertz CT molecular complexity index is 630. The van der Waals surface area contributed by atoms with E-state index < -0.39 is 6.10 Å². The first-order chi connectivity index (χ1) is 11.1. The Balaban J connectivity index is 2.16. The van der Waals surface area contributed by atoms with Gasteiger partial charge < -0.3 is 29.2 Å². The van der Waals surface area contributed by atoms with Gasteiger partial charge in [0.05, 0.1) is 21.3 Å². The Hall–Kier alpha value is -2.60. The van der Waals surface area contributed by atoms with E-state index in [9.17, 15) is 10.2 Å². The third-order valence-electron chi connectivity index (χ3n) is 3.35. The van der Waals surface area contributed by atoms with Gasteiger partial charge in [-0.1, -0.05) is 12.1 Å². The number of ether oxygens (including phenoxy) is 4. The van der Waals surface area contributed by atoms with Crippen molar-refractivity contribution < 1.29 is 29.2 Å². The van der Waals surface area contributed by atoms with Gasteiger partial charge in [-0.15, -0.1) is 0 Å². The first-order valence-corrected chi connectivity index (χ1v) is 6.99. The maximum atomic E-state index is 10.3. The van der Waals surface area contributed by atoms with E-state index in [2.05, 4.69) is 0 Å². The largest absolute Gasteiger partial charge is 0.502 e. The third-order valence-corrected chi connectivity index (χ3v) is 3.35. The van der Waals surface area contributed by atoms with Gasteiger partial charge in [-0.25, -0.2) is 0 Å². The van der Waals surface area contributed by atoms with Crippen LogP contribution in [0.5, 0.6) is 28.7 Å². The average Bonchev–Trinajstić information content (AvgIpc) is 2.60.